The van der Waals surface area contributed by atoms with Crippen LogP contribution in [-0.4, -0.2) is 63.5 Å². The van der Waals surface area contributed by atoms with Crippen LogP contribution in [0, 0.1) is 0 Å². The molecule has 7 rings (SSSR count). The lowest BCUT2D eigenvalue weighted by atomic mass is 9.68. The molecule has 240 valence electrons. The summed E-state index contributed by atoms with van der Waals surface area (Å²) in [4.78, 5) is 20.3. The van der Waals surface area contributed by atoms with Crippen LogP contribution in [0.4, 0.5) is 4.79 Å². The summed E-state index contributed by atoms with van der Waals surface area (Å²) in [6.45, 7) is 6.64. The molecule has 2 atom stereocenters. The van der Waals surface area contributed by atoms with Gasteiger partial charge in [0.2, 0.25) is 12.3 Å². The van der Waals surface area contributed by atoms with Crippen molar-refractivity contribution in [3.63, 3.8) is 0 Å². The van der Waals surface area contributed by atoms with Crippen molar-refractivity contribution in [2.45, 2.75) is 50.4 Å². The molecule has 0 radical (unpaired) electrons. The number of nitrogens with zero attached hydrogens (tertiary/aromatic N) is 6. The molecule has 2 unspecified atom stereocenters. The van der Waals surface area contributed by atoms with E-state index in [9.17, 15) is 4.79 Å². The van der Waals surface area contributed by atoms with Crippen LogP contribution in [0.1, 0.15) is 67.5 Å². The van der Waals surface area contributed by atoms with E-state index in [2.05, 4.69) is 91.1 Å². The predicted molar refractivity (Wildman–Crippen MR) is 174 cm³/mol. The molecular formula is C36H36N6O5. The maximum Gasteiger partial charge on any atom is 0.513 e. The molecule has 0 N–H and O–H groups in total. The monoisotopic (exact) mass is 632 g/mol. The van der Waals surface area contributed by atoms with Crippen LogP contribution in [0.3, 0.4) is 0 Å². The van der Waals surface area contributed by atoms with Gasteiger partial charge >= 0.3 is 6.16 Å². The molecule has 0 amide bonds. The van der Waals surface area contributed by atoms with Crippen molar-refractivity contribution >= 4 is 22.9 Å². The predicted octanol–water partition coefficient (Wildman–Crippen LogP) is 6.80. The number of fused-ring (bicyclic) bond motifs is 1. The third-order valence-electron chi connectivity index (χ3n) is 9.46. The number of rotatable bonds is 9. The molecule has 1 saturated heterocycles. The van der Waals surface area contributed by atoms with Crippen LogP contribution in [0.25, 0.3) is 11.0 Å². The number of aromatic nitrogens is 4. The normalized spacial score (nSPS) is 19.8. The van der Waals surface area contributed by atoms with Crippen LogP contribution in [0.5, 0.6) is 0 Å². The van der Waals surface area contributed by atoms with E-state index in [1.807, 2.05) is 19.1 Å². The minimum absolute atomic E-state index is 0.00621. The molecule has 3 aromatic carbocycles. The lowest BCUT2D eigenvalue weighted by Crippen LogP contribution is -2.43. The van der Waals surface area contributed by atoms with E-state index < -0.39 is 18.0 Å². The first-order valence-electron chi connectivity index (χ1n) is 15.9. The van der Waals surface area contributed by atoms with Crippen molar-refractivity contribution in [1.82, 2.24) is 25.4 Å². The molecule has 0 saturated carbocycles. The highest BCUT2D eigenvalue weighted by Gasteiger charge is 2.42. The summed E-state index contributed by atoms with van der Waals surface area (Å²) in [5, 5.41) is 16.2. The van der Waals surface area contributed by atoms with E-state index in [0.717, 1.165) is 43.8 Å². The fourth-order valence-corrected chi connectivity index (χ4v) is 7.16. The van der Waals surface area contributed by atoms with E-state index >= 15 is 0 Å². The molecule has 11 heteroatoms. The minimum atomic E-state index is -0.792. The van der Waals surface area contributed by atoms with Crippen molar-refractivity contribution in [3.8, 4) is 0 Å². The van der Waals surface area contributed by atoms with Gasteiger partial charge in [0, 0.05) is 17.7 Å². The van der Waals surface area contributed by atoms with Crippen LogP contribution in [0.2, 0.25) is 0 Å². The Morgan fingerprint density at radius 3 is 2.32 bits per heavy atom. The average Bonchev–Trinajstić information content (AvgIpc) is 3.82. The smallest absolute Gasteiger partial charge is 0.434 e. The van der Waals surface area contributed by atoms with Gasteiger partial charge in [-0.15, -0.1) is 10.2 Å². The molecule has 2 aliphatic heterocycles. The minimum Gasteiger partial charge on any atom is -0.434 e. The number of carbonyl (C=O) groups is 1. The Morgan fingerprint density at radius 2 is 1.64 bits per heavy atom. The van der Waals surface area contributed by atoms with Gasteiger partial charge in [-0.25, -0.2) is 9.42 Å². The Labute approximate surface area is 272 Å². The molecule has 2 aliphatic rings. The second-order valence-electron chi connectivity index (χ2n) is 12.1. The molecule has 11 nitrogen and oxygen atoms in total. The molecule has 0 spiro atoms. The van der Waals surface area contributed by atoms with E-state index in [-0.39, 0.29) is 12.0 Å². The van der Waals surface area contributed by atoms with Gasteiger partial charge in [-0.05, 0) is 79.3 Å². The van der Waals surface area contributed by atoms with E-state index in [1.54, 1.807) is 13.0 Å². The number of aliphatic imine (C=N–C) groups is 1. The van der Waals surface area contributed by atoms with E-state index in [4.69, 9.17) is 18.5 Å². The SMILES string of the molecule is CC1=NC(C)=C(OC(=O)OCCCN2CCC(c3ccccc3)(c3ccccc3)CC2)C(c2cccc3nonc23)C1c1nnco1. The first-order chi connectivity index (χ1) is 23.0. The largest absolute Gasteiger partial charge is 0.513 e. The first kappa shape index (κ1) is 30.5. The van der Waals surface area contributed by atoms with Crippen molar-refractivity contribution in [2.75, 3.05) is 26.2 Å². The average molecular weight is 633 g/mol. The van der Waals surface area contributed by atoms with Crippen LogP contribution >= 0.6 is 0 Å². The molecular weight excluding hydrogens is 596 g/mol. The van der Waals surface area contributed by atoms with Crippen LogP contribution in [0.15, 0.2) is 111 Å². The Bertz CT molecular complexity index is 1840. The lowest BCUT2D eigenvalue weighted by molar-refractivity contribution is 0.0662. The number of piperidine rings is 1. The van der Waals surface area contributed by atoms with Gasteiger partial charge in [0.1, 0.15) is 16.8 Å². The summed E-state index contributed by atoms with van der Waals surface area (Å²) in [6, 6.07) is 27.2. The maximum absolute atomic E-state index is 13.1. The standard InChI is InChI=1S/C36H36N6O5/c1-24-30(34-39-37-23-45-34)31(28-15-9-16-29-32(28)41-47-40-29)33(25(2)38-24)46-35(43)44-22-10-19-42-20-17-36(18-21-42,26-11-5-3-6-12-26)27-13-7-4-8-14-27/h3-9,11-16,23,30-31H,10,17-22H2,1-2H3. The maximum atomic E-state index is 13.1. The molecule has 2 aromatic heterocycles. The number of carbonyl (C=O) groups excluding carboxylic acids is 1. The highest BCUT2D eigenvalue weighted by Crippen LogP contribution is 2.46. The van der Waals surface area contributed by atoms with Crippen LogP contribution in [-0.2, 0) is 14.9 Å². The van der Waals surface area contributed by atoms with E-state index in [0.29, 0.717) is 34.8 Å². The van der Waals surface area contributed by atoms with Crippen LogP contribution < -0.4 is 0 Å². The fraction of sp³-hybridized carbons (Fsp3) is 0.333. The number of likely N-dealkylation sites (tertiary alicyclic amines) is 1. The van der Waals surface area contributed by atoms with Gasteiger partial charge in [0.15, 0.2) is 0 Å². The van der Waals surface area contributed by atoms with Crippen molar-refractivity contribution in [1.29, 1.82) is 0 Å². The number of hydrogen-bond acceptors (Lipinski definition) is 11. The van der Waals surface area contributed by atoms with Gasteiger partial charge in [0.25, 0.3) is 0 Å². The Balaban J connectivity index is 1.000. The molecule has 0 aliphatic carbocycles. The fourth-order valence-electron chi connectivity index (χ4n) is 7.16. The third-order valence-corrected chi connectivity index (χ3v) is 9.46. The zero-order valence-electron chi connectivity index (χ0n) is 26.4. The highest BCUT2D eigenvalue weighted by atomic mass is 16.7. The van der Waals surface area contributed by atoms with Crippen molar-refractivity contribution in [2.24, 2.45) is 4.99 Å². The Hall–Kier alpha value is -5.16. The zero-order valence-corrected chi connectivity index (χ0v) is 26.4. The summed E-state index contributed by atoms with van der Waals surface area (Å²) in [7, 11) is 0. The zero-order chi connectivity index (χ0) is 32.2. The van der Waals surface area contributed by atoms with Gasteiger partial charge in [-0.2, -0.15) is 0 Å². The number of ether oxygens (including phenoxy) is 2. The third kappa shape index (κ3) is 6.06. The molecule has 0 bridgehead atoms. The summed E-state index contributed by atoms with van der Waals surface area (Å²) < 4.78 is 22.2. The summed E-state index contributed by atoms with van der Waals surface area (Å²) >= 11 is 0. The Kier molecular flexibility index (Phi) is 8.62. The topological polar surface area (TPSA) is 129 Å². The second-order valence-corrected chi connectivity index (χ2v) is 12.1. The molecule has 1 fully saturated rings. The number of allylic oxidation sites excluding steroid dienone is 2. The Morgan fingerprint density at radius 1 is 0.915 bits per heavy atom. The molecule has 47 heavy (non-hydrogen) atoms. The number of benzene rings is 3. The summed E-state index contributed by atoms with van der Waals surface area (Å²) in [6.07, 6.45) is 3.20. The highest BCUT2D eigenvalue weighted by molar-refractivity contribution is 5.93. The first-order valence-corrected chi connectivity index (χ1v) is 15.9. The van der Waals surface area contributed by atoms with Gasteiger partial charge in [-0.1, -0.05) is 72.8 Å². The quantitative estimate of drug-likeness (QED) is 0.126. The molecule has 4 heterocycles. The summed E-state index contributed by atoms with van der Waals surface area (Å²) in [5.41, 5.74) is 5.85. The molecule has 5 aromatic rings. The van der Waals surface area contributed by atoms with E-state index in [1.165, 1.54) is 17.5 Å². The van der Waals surface area contributed by atoms with Gasteiger partial charge in [-0.3, -0.25) is 4.99 Å². The lowest BCUT2D eigenvalue weighted by Gasteiger charge is -2.43. The van der Waals surface area contributed by atoms with Gasteiger partial charge in [0.05, 0.1) is 24.1 Å². The van der Waals surface area contributed by atoms with Crippen molar-refractivity contribution in [3.05, 3.63) is 119 Å². The summed E-state index contributed by atoms with van der Waals surface area (Å²) in [5.74, 6) is -0.381. The second kappa shape index (κ2) is 13.3. The van der Waals surface area contributed by atoms with Crippen molar-refractivity contribution < 1.29 is 23.3 Å². The number of hydrogen-bond donors (Lipinski definition) is 0. The van der Waals surface area contributed by atoms with Gasteiger partial charge < -0.3 is 18.8 Å².